The molecule has 2 aliphatic heterocycles. The first-order chi connectivity index (χ1) is 15.4. The summed E-state index contributed by atoms with van der Waals surface area (Å²) in [5.41, 5.74) is 15.9. The minimum Gasteiger partial charge on any atom is -0.491 e. The Bertz CT molecular complexity index is 1180. The van der Waals surface area contributed by atoms with Crippen LogP contribution in [0.5, 0.6) is 5.75 Å². The first-order valence-corrected chi connectivity index (χ1v) is 11.5. The van der Waals surface area contributed by atoms with Crippen LogP contribution in [0.1, 0.15) is 20.9 Å². The molecular formula is C23H27N5O3S. The number of nitrogen functional groups attached to an aromatic ring is 1. The summed E-state index contributed by atoms with van der Waals surface area (Å²) in [4.78, 5) is 20.9. The molecule has 5 N–H and O–H groups in total. The lowest BCUT2D eigenvalue weighted by atomic mass is 10.0. The molecule has 3 atom stereocenters. The van der Waals surface area contributed by atoms with E-state index < -0.39 is 0 Å². The summed E-state index contributed by atoms with van der Waals surface area (Å²) >= 11 is 1.32. The molecule has 8 nitrogen and oxygen atoms in total. The number of carbonyl (C=O) groups is 1. The van der Waals surface area contributed by atoms with Crippen molar-refractivity contribution in [2.75, 3.05) is 37.4 Å². The van der Waals surface area contributed by atoms with Crippen molar-refractivity contribution in [2.45, 2.75) is 31.5 Å². The van der Waals surface area contributed by atoms with Crippen LogP contribution in [0.3, 0.4) is 0 Å². The molecular weight excluding hydrogens is 426 g/mol. The van der Waals surface area contributed by atoms with Gasteiger partial charge in [0.25, 0.3) is 5.91 Å². The number of fused-ring (bicyclic) bond motifs is 2. The third-order valence-corrected chi connectivity index (χ3v) is 7.32. The summed E-state index contributed by atoms with van der Waals surface area (Å²) in [6.45, 7) is 3.84. The van der Waals surface area contributed by atoms with Gasteiger partial charge in [0.1, 0.15) is 22.1 Å². The molecule has 0 saturated carbocycles. The Morgan fingerprint density at radius 1 is 1.31 bits per heavy atom. The van der Waals surface area contributed by atoms with E-state index in [2.05, 4.69) is 33.4 Å². The molecule has 4 heterocycles. The van der Waals surface area contributed by atoms with E-state index >= 15 is 0 Å². The number of rotatable bonds is 4. The number of hydrogen-bond acceptors (Lipinski definition) is 8. The van der Waals surface area contributed by atoms with Gasteiger partial charge in [0.2, 0.25) is 0 Å². The minimum absolute atomic E-state index is 0.00278. The molecule has 0 spiro atoms. The molecule has 1 aromatic carbocycles. The second-order valence-corrected chi connectivity index (χ2v) is 9.47. The number of amides is 1. The lowest BCUT2D eigenvalue weighted by Crippen LogP contribution is -2.42. The number of aromatic nitrogens is 1. The highest BCUT2D eigenvalue weighted by atomic mass is 32.1. The number of carbonyl (C=O) groups excluding carboxylic acids is 1. The molecule has 9 heteroatoms. The molecule has 1 amide bonds. The third kappa shape index (κ3) is 3.76. The van der Waals surface area contributed by atoms with E-state index in [-0.39, 0.29) is 24.1 Å². The molecule has 2 aromatic heterocycles. The largest absolute Gasteiger partial charge is 0.491 e. The highest BCUT2D eigenvalue weighted by Crippen LogP contribution is 2.34. The Morgan fingerprint density at radius 2 is 2.16 bits per heavy atom. The fourth-order valence-corrected chi connectivity index (χ4v) is 5.46. The number of methoxy groups -OCH3 is 1. The number of nitrogens with two attached hydrogens (primary N) is 2. The number of hydrogen-bond donors (Lipinski definition) is 3. The molecule has 1 unspecified atom stereocenters. The van der Waals surface area contributed by atoms with E-state index in [0.717, 1.165) is 46.0 Å². The maximum atomic E-state index is 12.9. The van der Waals surface area contributed by atoms with Gasteiger partial charge in [0, 0.05) is 43.0 Å². The number of nitrogens with zero attached hydrogens (tertiary/aromatic N) is 2. The Hall–Kier alpha value is -2.88. The maximum Gasteiger partial charge on any atom is 0.263 e. The van der Waals surface area contributed by atoms with Crippen molar-refractivity contribution in [2.24, 2.45) is 5.73 Å². The van der Waals surface area contributed by atoms with E-state index in [1.165, 1.54) is 11.3 Å². The van der Waals surface area contributed by atoms with Crippen molar-refractivity contribution >= 4 is 38.8 Å². The fraction of sp³-hybridized carbons (Fsp3) is 0.391. The SMILES string of the molecule is CO[C@H]1CN(c2ccc3c(c2)OCC(NC(=O)c2sc4nc(C)ccc4c2N)C3)C[C@@H]1N. The first kappa shape index (κ1) is 21.0. The van der Waals surface area contributed by atoms with Gasteiger partial charge in [0.15, 0.2) is 0 Å². The van der Waals surface area contributed by atoms with E-state index in [0.29, 0.717) is 23.6 Å². The molecule has 32 heavy (non-hydrogen) atoms. The van der Waals surface area contributed by atoms with E-state index in [1.807, 2.05) is 19.1 Å². The monoisotopic (exact) mass is 453 g/mol. The number of thiophene rings is 1. The van der Waals surface area contributed by atoms with Crippen LogP contribution >= 0.6 is 11.3 Å². The summed E-state index contributed by atoms with van der Waals surface area (Å²) in [5.74, 6) is 0.664. The highest BCUT2D eigenvalue weighted by Gasteiger charge is 2.31. The Morgan fingerprint density at radius 3 is 2.94 bits per heavy atom. The Balaban J connectivity index is 1.28. The van der Waals surface area contributed by atoms with Gasteiger partial charge in [-0.15, -0.1) is 11.3 Å². The van der Waals surface area contributed by atoms with Crippen LogP contribution in [0.2, 0.25) is 0 Å². The summed E-state index contributed by atoms with van der Waals surface area (Å²) < 4.78 is 11.5. The lowest BCUT2D eigenvalue weighted by molar-refractivity contribution is 0.0920. The average Bonchev–Trinajstić information content (AvgIpc) is 3.32. The number of anilines is 2. The standard InChI is InChI=1S/C23H27N5O3S/c1-12-3-6-16-20(25)21(32-23(16)26-12)22(29)27-14-7-13-4-5-15(8-18(13)31-11-14)28-9-17(24)19(10-28)30-2/h3-6,8,14,17,19H,7,9-11,24-25H2,1-2H3,(H,27,29)/t14?,17-,19-/m0/s1. The number of nitrogens with one attached hydrogen (secondary N) is 1. The molecule has 1 fully saturated rings. The molecule has 0 radical (unpaired) electrons. The van der Waals surface area contributed by atoms with Gasteiger partial charge in [-0.1, -0.05) is 6.07 Å². The van der Waals surface area contributed by atoms with Gasteiger partial charge in [-0.25, -0.2) is 4.98 Å². The quantitative estimate of drug-likeness (QED) is 0.554. The summed E-state index contributed by atoms with van der Waals surface area (Å²) in [6, 6.07) is 9.88. The zero-order valence-electron chi connectivity index (χ0n) is 18.1. The zero-order valence-corrected chi connectivity index (χ0v) is 18.9. The number of aryl methyl sites for hydroxylation is 1. The molecule has 0 aliphatic carbocycles. The van der Waals surface area contributed by atoms with Crippen LogP contribution in [-0.4, -0.2) is 55.9 Å². The van der Waals surface area contributed by atoms with Crippen molar-refractivity contribution in [1.82, 2.24) is 10.3 Å². The molecule has 5 rings (SSSR count). The summed E-state index contributed by atoms with van der Waals surface area (Å²) in [6.07, 6.45) is 0.732. The topological polar surface area (TPSA) is 116 Å². The number of pyridine rings is 1. The molecule has 168 valence electrons. The zero-order chi connectivity index (χ0) is 22.4. The second-order valence-electron chi connectivity index (χ2n) is 8.47. The van der Waals surface area contributed by atoms with Crippen LogP contribution in [-0.2, 0) is 11.2 Å². The van der Waals surface area contributed by atoms with E-state index in [4.69, 9.17) is 20.9 Å². The van der Waals surface area contributed by atoms with E-state index in [1.54, 1.807) is 7.11 Å². The molecule has 0 bridgehead atoms. The number of benzene rings is 1. The Labute approximate surface area is 190 Å². The van der Waals surface area contributed by atoms with Gasteiger partial charge in [-0.2, -0.15) is 0 Å². The van der Waals surface area contributed by atoms with Gasteiger partial charge < -0.3 is 31.2 Å². The second kappa shape index (κ2) is 8.23. The molecule has 3 aromatic rings. The van der Waals surface area contributed by atoms with Crippen molar-refractivity contribution in [1.29, 1.82) is 0 Å². The van der Waals surface area contributed by atoms with Crippen LogP contribution in [0, 0.1) is 6.92 Å². The first-order valence-electron chi connectivity index (χ1n) is 10.7. The van der Waals surface area contributed by atoms with Gasteiger partial charge >= 0.3 is 0 Å². The third-order valence-electron chi connectivity index (χ3n) is 6.21. The highest BCUT2D eigenvalue weighted by molar-refractivity contribution is 7.21. The van der Waals surface area contributed by atoms with Crippen molar-refractivity contribution < 1.29 is 14.3 Å². The van der Waals surface area contributed by atoms with Crippen LogP contribution < -0.4 is 26.4 Å². The van der Waals surface area contributed by atoms with Crippen molar-refractivity contribution in [3.63, 3.8) is 0 Å². The van der Waals surface area contributed by atoms with Gasteiger partial charge in [-0.3, -0.25) is 4.79 Å². The Kier molecular flexibility index (Phi) is 5.40. The lowest BCUT2D eigenvalue weighted by Gasteiger charge is -2.28. The average molecular weight is 454 g/mol. The maximum absolute atomic E-state index is 12.9. The minimum atomic E-state index is -0.187. The fourth-order valence-electron chi connectivity index (χ4n) is 4.42. The van der Waals surface area contributed by atoms with Crippen LogP contribution in [0.15, 0.2) is 30.3 Å². The van der Waals surface area contributed by atoms with Gasteiger partial charge in [0.05, 0.1) is 23.9 Å². The van der Waals surface area contributed by atoms with Crippen molar-refractivity contribution in [3.8, 4) is 5.75 Å². The normalized spacial score (nSPS) is 22.6. The van der Waals surface area contributed by atoms with Gasteiger partial charge in [-0.05, 0) is 37.1 Å². The molecule has 2 aliphatic rings. The van der Waals surface area contributed by atoms with Crippen LogP contribution in [0.25, 0.3) is 10.2 Å². The predicted molar refractivity (Wildman–Crippen MR) is 127 cm³/mol. The van der Waals surface area contributed by atoms with Crippen LogP contribution in [0.4, 0.5) is 11.4 Å². The van der Waals surface area contributed by atoms with E-state index in [9.17, 15) is 4.79 Å². The smallest absolute Gasteiger partial charge is 0.263 e. The number of ether oxygens (including phenoxy) is 2. The summed E-state index contributed by atoms with van der Waals surface area (Å²) in [7, 11) is 1.70. The molecule has 1 saturated heterocycles. The summed E-state index contributed by atoms with van der Waals surface area (Å²) in [5, 5.41) is 3.90. The predicted octanol–water partition coefficient (Wildman–Crippen LogP) is 2.08. The van der Waals surface area contributed by atoms with Crippen molar-refractivity contribution in [3.05, 3.63) is 46.5 Å².